The smallest absolute Gasteiger partial charge is 0.223 e. The Hall–Kier alpha value is -2.76. The molecular weight excluding hydrogens is 378 g/mol. The van der Waals surface area contributed by atoms with Gasteiger partial charge in [0, 0.05) is 37.6 Å². The van der Waals surface area contributed by atoms with Gasteiger partial charge in [-0.25, -0.2) is 4.98 Å². The quantitative estimate of drug-likeness (QED) is 0.616. The second kappa shape index (κ2) is 9.16. The minimum absolute atomic E-state index is 0.0737. The van der Waals surface area contributed by atoms with E-state index in [1.807, 2.05) is 12.3 Å². The summed E-state index contributed by atoms with van der Waals surface area (Å²) in [5, 5.41) is 3.44. The van der Waals surface area contributed by atoms with Gasteiger partial charge in [-0.2, -0.15) is 0 Å². The molecule has 1 saturated heterocycles. The highest BCUT2D eigenvalue weighted by molar-refractivity contribution is 7.15. The van der Waals surface area contributed by atoms with Crippen LogP contribution in [-0.4, -0.2) is 28.9 Å². The fraction of sp³-hybridized carbons (Fsp3) is 0.250. The molecule has 4 nitrogen and oxygen atoms in total. The van der Waals surface area contributed by atoms with Crippen LogP contribution in [0, 0.1) is 0 Å². The zero-order valence-corrected chi connectivity index (χ0v) is 17.4. The molecule has 1 fully saturated rings. The van der Waals surface area contributed by atoms with E-state index in [2.05, 4.69) is 69.8 Å². The lowest BCUT2D eigenvalue weighted by atomic mass is 9.99. The molecule has 1 amide bonds. The predicted octanol–water partition coefficient (Wildman–Crippen LogP) is 5.45. The Morgan fingerprint density at radius 1 is 1.07 bits per heavy atom. The van der Waals surface area contributed by atoms with Gasteiger partial charge in [0.05, 0.1) is 0 Å². The summed E-state index contributed by atoms with van der Waals surface area (Å²) in [4.78, 5) is 19.0. The normalized spacial score (nSPS) is 14.6. The highest BCUT2D eigenvalue weighted by atomic mass is 32.1. The van der Waals surface area contributed by atoms with Gasteiger partial charge in [0.15, 0.2) is 5.13 Å². The molecule has 1 N–H and O–H groups in total. The summed E-state index contributed by atoms with van der Waals surface area (Å²) in [6.07, 6.45) is 6.40. The molecule has 1 aliphatic rings. The van der Waals surface area contributed by atoms with Gasteiger partial charge >= 0.3 is 0 Å². The van der Waals surface area contributed by atoms with Crippen molar-refractivity contribution in [3.8, 4) is 11.1 Å². The van der Waals surface area contributed by atoms with E-state index in [9.17, 15) is 4.79 Å². The van der Waals surface area contributed by atoms with Gasteiger partial charge in [-0.3, -0.25) is 9.69 Å². The van der Waals surface area contributed by atoms with Gasteiger partial charge in [0.2, 0.25) is 5.91 Å². The van der Waals surface area contributed by atoms with E-state index in [4.69, 9.17) is 0 Å². The summed E-state index contributed by atoms with van der Waals surface area (Å²) in [7, 11) is 0. The molecule has 0 saturated carbocycles. The molecule has 29 heavy (non-hydrogen) atoms. The molecule has 3 aromatic rings. The van der Waals surface area contributed by atoms with Gasteiger partial charge in [-0.05, 0) is 29.5 Å². The minimum atomic E-state index is -0.0737. The molecule has 2 heterocycles. The average Bonchev–Trinajstić information content (AvgIpc) is 3.17. The van der Waals surface area contributed by atoms with Gasteiger partial charge in [-0.1, -0.05) is 66.2 Å². The van der Waals surface area contributed by atoms with Crippen molar-refractivity contribution in [3.63, 3.8) is 0 Å². The molecule has 0 radical (unpaired) electrons. The van der Waals surface area contributed by atoms with Crippen LogP contribution >= 0.6 is 11.3 Å². The Balaban J connectivity index is 1.31. The zero-order valence-electron chi connectivity index (χ0n) is 16.6. The summed E-state index contributed by atoms with van der Waals surface area (Å²) >= 11 is 1.56. The van der Waals surface area contributed by atoms with E-state index in [0.29, 0.717) is 5.13 Å². The maximum Gasteiger partial charge on any atom is 0.223 e. The SMILES string of the molecule is CC(=O)Nc1ncc(CN2CCC(=Cc3ccc(-c4ccccc4)cc3)CC2)s1. The fourth-order valence-electron chi connectivity index (χ4n) is 3.59. The Morgan fingerprint density at radius 3 is 2.45 bits per heavy atom. The number of nitrogens with zero attached hydrogens (tertiary/aromatic N) is 2. The second-order valence-corrected chi connectivity index (χ2v) is 8.49. The van der Waals surface area contributed by atoms with Crippen LogP contribution < -0.4 is 5.32 Å². The van der Waals surface area contributed by atoms with Crippen molar-refractivity contribution in [2.75, 3.05) is 18.4 Å². The largest absolute Gasteiger partial charge is 0.302 e. The molecule has 1 aromatic heterocycles. The number of benzene rings is 2. The van der Waals surface area contributed by atoms with E-state index < -0.39 is 0 Å². The molecule has 4 rings (SSSR count). The van der Waals surface area contributed by atoms with Crippen LogP contribution in [0.3, 0.4) is 0 Å². The van der Waals surface area contributed by atoms with Crippen LogP contribution in [0.1, 0.15) is 30.2 Å². The average molecular weight is 404 g/mol. The second-order valence-electron chi connectivity index (χ2n) is 7.38. The van der Waals surface area contributed by atoms with Crippen LogP contribution in [0.25, 0.3) is 17.2 Å². The molecule has 2 aromatic carbocycles. The lowest BCUT2D eigenvalue weighted by Gasteiger charge is -2.27. The highest BCUT2D eigenvalue weighted by Gasteiger charge is 2.15. The first-order chi connectivity index (χ1) is 14.2. The summed E-state index contributed by atoms with van der Waals surface area (Å²) in [5.41, 5.74) is 5.29. The molecule has 0 bridgehead atoms. The molecule has 1 aliphatic heterocycles. The van der Waals surface area contributed by atoms with E-state index in [1.54, 1.807) is 11.3 Å². The van der Waals surface area contributed by atoms with Gasteiger partial charge < -0.3 is 5.32 Å². The Bertz CT molecular complexity index is 982. The Labute approximate surface area is 175 Å². The first kappa shape index (κ1) is 19.6. The number of aromatic nitrogens is 1. The van der Waals surface area contributed by atoms with Gasteiger partial charge in [-0.15, -0.1) is 11.3 Å². The van der Waals surface area contributed by atoms with E-state index in [-0.39, 0.29) is 5.91 Å². The number of anilines is 1. The van der Waals surface area contributed by atoms with Crippen LogP contribution in [0.15, 0.2) is 66.4 Å². The lowest BCUT2D eigenvalue weighted by molar-refractivity contribution is -0.114. The molecular formula is C24H25N3OS. The Kier molecular flexibility index (Phi) is 6.17. The molecule has 0 unspecified atom stereocenters. The number of carbonyl (C=O) groups excluding carboxylic acids is 1. The number of hydrogen-bond donors (Lipinski definition) is 1. The van der Waals surface area contributed by atoms with Crippen molar-refractivity contribution in [2.24, 2.45) is 0 Å². The lowest BCUT2D eigenvalue weighted by Crippen LogP contribution is -2.29. The third-order valence-corrected chi connectivity index (χ3v) is 6.00. The number of hydrogen-bond acceptors (Lipinski definition) is 4. The summed E-state index contributed by atoms with van der Waals surface area (Å²) in [6.45, 7) is 4.52. The molecule has 5 heteroatoms. The number of piperidine rings is 1. The van der Waals surface area contributed by atoms with Crippen LogP contribution in [0.5, 0.6) is 0 Å². The molecule has 0 atom stereocenters. The standard InChI is InChI=1S/C24H25N3OS/c1-18(28)26-24-25-16-23(29-24)17-27-13-11-20(12-14-27)15-19-7-9-22(10-8-19)21-5-3-2-4-6-21/h2-10,15-16H,11-14,17H2,1H3,(H,25,26,28). The number of nitrogens with one attached hydrogen (secondary N) is 1. The minimum Gasteiger partial charge on any atom is -0.302 e. The first-order valence-corrected chi connectivity index (χ1v) is 10.8. The molecule has 0 aliphatic carbocycles. The maximum atomic E-state index is 11.1. The predicted molar refractivity (Wildman–Crippen MR) is 121 cm³/mol. The van der Waals surface area contributed by atoms with Gasteiger partial charge in [0.1, 0.15) is 0 Å². The van der Waals surface area contributed by atoms with Crippen molar-refractivity contribution >= 4 is 28.5 Å². The van der Waals surface area contributed by atoms with Crippen molar-refractivity contribution in [1.29, 1.82) is 0 Å². The van der Waals surface area contributed by atoms with Crippen molar-refractivity contribution in [1.82, 2.24) is 9.88 Å². The maximum absolute atomic E-state index is 11.1. The van der Waals surface area contributed by atoms with Crippen molar-refractivity contribution in [3.05, 3.63) is 76.8 Å². The topological polar surface area (TPSA) is 45.2 Å². The van der Waals surface area contributed by atoms with Crippen molar-refractivity contribution < 1.29 is 4.79 Å². The molecule has 0 spiro atoms. The summed E-state index contributed by atoms with van der Waals surface area (Å²) in [5.74, 6) is -0.0737. The monoisotopic (exact) mass is 403 g/mol. The van der Waals surface area contributed by atoms with E-state index in [1.165, 1.54) is 34.1 Å². The van der Waals surface area contributed by atoms with Crippen LogP contribution in [0.2, 0.25) is 0 Å². The number of amides is 1. The van der Waals surface area contributed by atoms with E-state index in [0.717, 1.165) is 32.5 Å². The highest BCUT2D eigenvalue weighted by Crippen LogP contribution is 2.25. The number of rotatable bonds is 5. The summed E-state index contributed by atoms with van der Waals surface area (Å²) in [6, 6.07) is 19.3. The Morgan fingerprint density at radius 2 is 1.76 bits per heavy atom. The molecule has 148 valence electrons. The fourth-order valence-corrected chi connectivity index (χ4v) is 4.49. The third-order valence-electron chi connectivity index (χ3n) is 5.10. The van der Waals surface area contributed by atoms with Crippen LogP contribution in [0.4, 0.5) is 5.13 Å². The zero-order chi connectivity index (χ0) is 20.1. The van der Waals surface area contributed by atoms with E-state index >= 15 is 0 Å². The summed E-state index contributed by atoms with van der Waals surface area (Å²) < 4.78 is 0. The number of likely N-dealkylation sites (tertiary alicyclic amines) is 1. The third kappa shape index (κ3) is 5.40. The van der Waals surface area contributed by atoms with Crippen LogP contribution in [-0.2, 0) is 11.3 Å². The number of carbonyl (C=O) groups is 1. The van der Waals surface area contributed by atoms with Crippen molar-refractivity contribution in [2.45, 2.75) is 26.3 Å². The van der Waals surface area contributed by atoms with Gasteiger partial charge in [0.25, 0.3) is 0 Å². The first-order valence-electron chi connectivity index (χ1n) is 9.95. The number of thiazole rings is 1.